The summed E-state index contributed by atoms with van der Waals surface area (Å²) in [4.78, 5) is 26.6. The van der Waals surface area contributed by atoms with Crippen molar-refractivity contribution in [3.8, 4) is 5.75 Å². The monoisotopic (exact) mass is 352 g/mol. The smallest absolute Gasteiger partial charge is 0.229 e. The van der Waals surface area contributed by atoms with E-state index in [1.165, 1.54) is 5.56 Å². The van der Waals surface area contributed by atoms with Crippen molar-refractivity contribution in [3.63, 3.8) is 0 Å². The maximum atomic E-state index is 12.5. The number of nitrogens with zero attached hydrogens (tertiary/aromatic N) is 1. The molecule has 136 valence electrons. The SMILES string of the molecule is COc1cccc(NC(=O)[C@@H]2CC(=O)N(c3ccc(C(C)C)cc3)C2)c1. The van der Waals surface area contributed by atoms with Gasteiger partial charge >= 0.3 is 0 Å². The van der Waals surface area contributed by atoms with Gasteiger partial charge in [-0.1, -0.05) is 32.0 Å². The zero-order chi connectivity index (χ0) is 18.7. The van der Waals surface area contributed by atoms with E-state index in [1.807, 2.05) is 36.4 Å². The fourth-order valence-electron chi connectivity index (χ4n) is 3.12. The molecule has 1 heterocycles. The molecule has 3 rings (SSSR count). The van der Waals surface area contributed by atoms with Crippen molar-refractivity contribution in [2.45, 2.75) is 26.2 Å². The number of carbonyl (C=O) groups is 2. The Bertz CT molecular complexity index is 799. The summed E-state index contributed by atoms with van der Waals surface area (Å²) in [7, 11) is 1.58. The van der Waals surface area contributed by atoms with Crippen molar-refractivity contribution in [1.82, 2.24) is 0 Å². The van der Waals surface area contributed by atoms with Crippen molar-refractivity contribution in [1.29, 1.82) is 0 Å². The van der Waals surface area contributed by atoms with Crippen molar-refractivity contribution in [3.05, 3.63) is 54.1 Å². The molecule has 0 aromatic heterocycles. The van der Waals surface area contributed by atoms with Gasteiger partial charge in [0.1, 0.15) is 5.75 Å². The lowest BCUT2D eigenvalue weighted by Gasteiger charge is -2.18. The largest absolute Gasteiger partial charge is 0.497 e. The Labute approximate surface area is 154 Å². The Balaban J connectivity index is 1.67. The predicted octanol–water partition coefficient (Wildman–Crippen LogP) is 3.81. The summed E-state index contributed by atoms with van der Waals surface area (Å²) in [6, 6.07) is 15.2. The normalized spacial score (nSPS) is 16.8. The minimum absolute atomic E-state index is 0.0203. The summed E-state index contributed by atoms with van der Waals surface area (Å²) in [6.45, 7) is 4.67. The highest BCUT2D eigenvalue weighted by Gasteiger charge is 2.35. The number of benzene rings is 2. The molecule has 2 aromatic rings. The van der Waals surface area contributed by atoms with Crippen LogP contribution in [-0.2, 0) is 9.59 Å². The number of ether oxygens (including phenoxy) is 1. The zero-order valence-corrected chi connectivity index (χ0v) is 15.4. The van der Waals surface area contributed by atoms with Crippen molar-refractivity contribution < 1.29 is 14.3 Å². The van der Waals surface area contributed by atoms with Crippen LogP contribution in [0, 0.1) is 5.92 Å². The molecule has 1 saturated heterocycles. The first-order chi connectivity index (χ1) is 12.5. The first kappa shape index (κ1) is 18.0. The molecule has 0 aliphatic carbocycles. The molecular formula is C21H24N2O3. The van der Waals surface area contributed by atoms with Crippen molar-refractivity contribution in [2.75, 3.05) is 23.9 Å². The number of hydrogen-bond acceptors (Lipinski definition) is 3. The van der Waals surface area contributed by atoms with E-state index in [0.29, 0.717) is 23.9 Å². The molecule has 0 saturated carbocycles. The number of rotatable bonds is 5. The Hall–Kier alpha value is -2.82. The molecule has 1 aliphatic heterocycles. The number of carbonyl (C=O) groups excluding carboxylic acids is 2. The number of nitrogens with one attached hydrogen (secondary N) is 1. The Morgan fingerprint density at radius 3 is 2.58 bits per heavy atom. The van der Waals surface area contributed by atoms with E-state index >= 15 is 0 Å². The van der Waals surface area contributed by atoms with Gasteiger partial charge in [-0.15, -0.1) is 0 Å². The quantitative estimate of drug-likeness (QED) is 0.890. The van der Waals surface area contributed by atoms with E-state index < -0.39 is 0 Å². The van der Waals surface area contributed by atoms with E-state index in [4.69, 9.17) is 4.74 Å². The first-order valence-corrected chi connectivity index (χ1v) is 8.83. The van der Waals surface area contributed by atoms with Gasteiger partial charge in [0.25, 0.3) is 0 Å². The Kier molecular flexibility index (Phi) is 5.26. The molecule has 0 spiro atoms. The molecule has 5 nitrogen and oxygen atoms in total. The highest BCUT2D eigenvalue weighted by molar-refractivity contribution is 6.03. The minimum atomic E-state index is -0.363. The fourth-order valence-corrected chi connectivity index (χ4v) is 3.12. The van der Waals surface area contributed by atoms with E-state index in [9.17, 15) is 9.59 Å². The van der Waals surface area contributed by atoms with Gasteiger partial charge in [-0.2, -0.15) is 0 Å². The summed E-state index contributed by atoms with van der Waals surface area (Å²) >= 11 is 0. The predicted molar refractivity (Wildman–Crippen MR) is 103 cm³/mol. The average Bonchev–Trinajstić information content (AvgIpc) is 3.04. The third-order valence-electron chi connectivity index (χ3n) is 4.70. The van der Waals surface area contributed by atoms with Crippen LogP contribution < -0.4 is 15.0 Å². The van der Waals surface area contributed by atoms with Crippen LogP contribution >= 0.6 is 0 Å². The number of methoxy groups -OCH3 is 1. The molecule has 0 unspecified atom stereocenters. The van der Waals surface area contributed by atoms with Crippen LogP contribution in [0.1, 0.15) is 31.7 Å². The van der Waals surface area contributed by atoms with Gasteiger partial charge in [-0.05, 0) is 35.7 Å². The van der Waals surface area contributed by atoms with Gasteiger partial charge in [0.05, 0.1) is 13.0 Å². The average molecular weight is 352 g/mol. The second-order valence-electron chi connectivity index (χ2n) is 6.87. The minimum Gasteiger partial charge on any atom is -0.497 e. The molecule has 1 fully saturated rings. The molecule has 0 radical (unpaired) electrons. The van der Waals surface area contributed by atoms with Crippen LogP contribution in [0.3, 0.4) is 0 Å². The van der Waals surface area contributed by atoms with Crippen LogP contribution in [0.15, 0.2) is 48.5 Å². The highest BCUT2D eigenvalue weighted by Crippen LogP contribution is 2.28. The molecule has 2 amide bonds. The van der Waals surface area contributed by atoms with Crippen molar-refractivity contribution in [2.24, 2.45) is 5.92 Å². The number of anilines is 2. The molecule has 2 aromatic carbocycles. The third kappa shape index (κ3) is 3.87. The second kappa shape index (κ2) is 7.60. The van der Waals surface area contributed by atoms with Gasteiger partial charge in [-0.25, -0.2) is 0 Å². The Morgan fingerprint density at radius 2 is 1.92 bits per heavy atom. The Morgan fingerprint density at radius 1 is 1.19 bits per heavy atom. The van der Waals surface area contributed by atoms with Gasteiger partial charge < -0.3 is 15.0 Å². The van der Waals surface area contributed by atoms with E-state index in [2.05, 4.69) is 19.2 Å². The van der Waals surface area contributed by atoms with Gasteiger partial charge in [0, 0.05) is 30.4 Å². The highest BCUT2D eigenvalue weighted by atomic mass is 16.5. The summed E-state index contributed by atoms with van der Waals surface area (Å²) in [5.74, 6) is 0.594. The van der Waals surface area contributed by atoms with Crippen LogP contribution in [0.4, 0.5) is 11.4 Å². The van der Waals surface area contributed by atoms with Crippen LogP contribution in [0.25, 0.3) is 0 Å². The van der Waals surface area contributed by atoms with E-state index in [1.54, 1.807) is 24.1 Å². The van der Waals surface area contributed by atoms with E-state index in [0.717, 1.165) is 5.69 Å². The van der Waals surface area contributed by atoms with E-state index in [-0.39, 0.29) is 24.2 Å². The number of hydrogen-bond donors (Lipinski definition) is 1. The zero-order valence-electron chi connectivity index (χ0n) is 15.4. The van der Waals surface area contributed by atoms with Crippen LogP contribution in [0.2, 0.25) is 0 Å². The second-order valence-corrected chi connectivity index (χ2v) is 6.87. The maximum absolute atomic E-state index is 12.5. The van der Waals surface area contributed by atoms with Gasteiger partial charge in [0.2, 0.25) is 11.8 Å². The number of amides is 2. The molecule has 5 heteroatoms. The lowest BCUT2D eigenvalue weighted by molar-refractivity contribution is -0.122. The summed E-state index contributed by atoms with van der Waals surface area (Å²) in [5, 5.41) is 2.88. The van der Waals surface area contributed by atoms with Gasteiger partial charge in [0.15, 0.2) is 0 Å². The summed E-state index contributed by atoms with van der Waals surface area (Å²) in [6.07, 6.45) is 0.224. The molecule has 26 heavy (non-hydrogen) atoms. The lowest BCUT2D eigenvalue weighted by Crippen LogP contribution is -2.28. The molecule has 1 atom stereocenters. The molecule has 0 bridgehead atoms. The van der Waals surface area contributed by atoms with Crippen LogP contribution in [-0.4, -0.2) is 25.5 Å². The molecular weight excluding hydrogens is 328 g/mol. The molecule has 1 N–H and O–H groups in total. The summed E-state index contributed by atoms with van der Waals surface area (Å²) < 4.78 is 5.17. The van der Waals surface area contributed by atoms with Gasteiger partial charge in [-0.3, -0.25) is 9.59 Å². The van der Waals surface area contributed by atoms with Crippen LogP contribution in [0.5, 0.6) is 5.75 Å². The van der Waals surface area contributed by atoms with Crippen molar-refractivity contribution >= 4 is 23.2 Å². The first-order valence-electron chi connectivity index (χ1n) is 8.83. The lowest BCUT2D eigenvalue weighted by atomic mass is 10.0. The standard InChI is InChI=1S/C21H24N2O3/c1-14(2)15-7-9-18(10-8-15)23-13-16(11-20(23)24)21(25)22-17-5-4-6-19(12-17)26-3/h4-10,12,14,16H,11,13H2,1-3H3,(H,22,25)/t16-/m1/s1. The topological polar surface area (TPSA) is 58.6 Å². The molecule has 1 aliphatic rings. The maximum Gasteiger partial charge on any atom is 0.229 e. The third-order valence-corrected chi connectivity index (χ3v) is 4.70. The summed E-state index contributed by atoms with van der Waals surface area (Å²) in [5.41, 5.74) is 2.74. The fraction of sp³-hybridized carbons (Fsp3) is 0.333.